The van der Waals surface area contributed by atoms with Crippen LogP contribution < -0.4 is 0 Å². The van der Waals surface area contributed by atoms with Gasteiger partial charge in [0.25, 0.3) is 0 Å². The molecule has 0 radical (unpaired) electrons. The van der Waals surface area contributed by atoms with Gasteiger partial charge in [0.1, 0.15) is 5.76 Å². The van der Waals surface area contributed by atoms with E-state index < -0.39 is 0 Å². The van der Waals surface area contributed by atoms with Crippen LogP contribution in [0.2, 0.25) is 0 Å². The molecule has 3 heteroatoms. The summed E-state index contributed by atoms with van der Waals surface area (Å²) in [6.45, 7) is 4.26. The molecule has 0 aliphatic heterocycles. The minimum atomic E-state index is 0.204. The molecule has 1 aliphatic carbocycles. The second-order valence-corrected chi connectivity index (χ2v) is 5.93. The lowest BCUT2D eigenvalue weighted by atomic mass is 9.83. The topological polar surface area (TPSA) is 36.9 Å². The Morgan fingerprint density at radius 3 is 2.94 bits per heavy atom. The molecule has 2 rings (SSSR count). The molecule has 1 fully saturated rings. The van der Waals surface area contributed by atoms with Gasteiger partial charge in [-0.1, -0.05) is 6.92 Å². The summed E-state index contributed by atoms with van der Waals surface area (Å²) >= 11 is 1.82. The third-order valence-electron chi connectivity index (χ3n) is 3.31. The van der Waals surface area contributed by atoms with E-state index in [1.54, 1.807) is 6.26 Å². The van der Waals surface area contributed by atoms with Crippen LogP contribution in [0.1, 0.15) is 31.9 Å². The first kappa shape index (κ1) is 11.6. The van der Waals surface area contributed by atoms with Gasteiger partial charge in [-0.2, -0.15) is 5.26 Å². The molecule has 0 aromatic carbocycles. The van der Waals surface area contributed by atoms with Crippen LogP contribution in [-0.2, 0) is 0 Å². The van der Waals surface area contributed by atoms with E-state index in [4.69, 9.17) is 9.68 Å². The Labute approximate surface area is 101 Å². The Morgan fingerprint density at radius 1 is 1.50 bits per heavy atom. The maximum absolute atomic E-state index is 9.16. The number of hydrogen-bond acceptors (Lipinski definition) is 3. The number of furan rings is 1. The predicted molar refractivity (Wildman–Crippen MR) is 65.2 cm³/mol. The molecular formula is C13H17NOS. The highest BCUT2D eigenvalue weighted by atomic mass is 32.2. The highest BCUT2D eigenvalue weighted by molar-refractivity contribution is 8.00. The molecular weight excluding hydrogens is 218 g/mol. The fraction of sp³-hybridized carbons (Fsp3) is 0.615. The van der Waals surface area contributed by atoms with Gasteiger partial charge in [0.05, 0.1) is 18.3 Å². The Morgan fingerprint density at radius 2 is 2.31 bits per heavy atom. The van der Waals surface area contributed by atoms with Crippen molar-refractivity contribution < 1.29 is 4.42 Å². The predicted octanol–water partition coefficient (Wildman–Crippen LogP) is 4.01. The summed E-state index contributed by atoms with van der Waals surface area (Å²) in [5.41, 5.74) is 0. The van der Waals surface area contributed by atoms with Crippen molar-refractivity contribution in [3.05, 3.63) is 18.1 Å². The molecule has 16 heavy (non-hydrogen) atoms. The van der Waals surface area contributed by atoms with Crippen molar-refractivity contribution in [3.63, 3.8) is 0 Å². The van der Waals surface area contributed by atoms with E-state index in [2.05, 4.69) is 13.0 Å². The molecule has 2 nitrogen and oxygen atoms in total. The Hall–Kier alpha value is -0.880. The number of aryl methyl sites for hydroxylation is 1. The molecule has 1 saturated carbocycles. The van der Waals surface area contributed by atoms with Crippen LogP contribution in [0.15, 0.2) is 21.6 Å². The van der Waals surface area contributed by atoms with Gasteiger partial charge in [-0.25, -0.2) is 0 Å². The summed E-state index contributed by atoms with van der Waals surface area (Å²) in [6, 6.07) is 4.46. The van der Waals surface area contributed by atoms with Crippen LogP contribution in [0.4, 0.5) is 0 Å². The summed E-state index contributed by atoms with van der Waals surface area (Å²) in [5, 5.41) is 9.59. The van der Waals surface area contributed by atoms with Gasteiger partial charge in [-0.3, -0.25) is 0 Å². The quantitative estimate of drug-likeness (QED) is 0.777. The Balaban J connectivity index is 2.07. The van der Waals surface area contributed by atoms with E-state index in [0.29, 0.717) is 5.25 Å². The summed E-state index contributed by atoms with van der Waals surface area (Å²) in [5.74, 6) is 1.92. The fourth-order valence-corrected chi connectivity index (χ4v) is 3.73. The Bertz CT molecular complexity index is 393. The number of nitriles is 1. The van der Waals surface area contributed by atoms with Gasteiger partial charge >= 0.3 is 0 Å². The zero-order chi connectivity index (χ0) is 11.5. The summed E-state index contributed by atoms with van der Waals surface area (Å²) in [6.07, 6.45) is 5.12. The lowest BCUT2D eigenvalue weighted by molar-refractivity contribution is 0.345. The monoisotopic (exact) mass is 235 g/mol. The minimum absolute atomic E-state index is 0.204. The van der Waals surface area contributed by atoms with Crippen LogP contribution >= 0.6 is 11.8 Å². The zero-order valence-corrected chi connectivity index (χ0v) is 10.6. The molecule has 86 valence electrons. The van der Waals surface area contributed by atoms with Crippen molar-refractivity contribution in [3.8, 4) is 6.07 Å². The molecule has 0 spiro atoms. The number of rotatable bonds is 2. The molecule has 0 N–H and O–H groups in total. The minimum Gasteiger partial charge on any atom is -0.468 e. The third-order valence-corrected chi connectivity index (χ3v) is 4.81. The molecule has 0 saturated heterocycles. The van der Waals surface area contributed by atoms with Crippen molar-refractivity contribution >= 4 is 11.8 Å². The van der Waals surface area contributed by atoms with Crippen LogP contribution in [0.5, 0.6) is 0 Å². The fourth-order valence-electron chi connectivity index (χ4n) is 2.27. The van der Waals surface area contributed by atoms with E-state index in [1.165, 1.54) is 11.3 Å². The normalized spacial score (nSPS) is 29.9. The van der Waals surface area contributed by atoms with Crippen molar-refractivity contribution in [2.24, 2.45) is 11.8 Å². The van der Waals surface area contributed by atoms with Gasteiger partial charge in [-0.05, 0) is 38.2 Å². The molecule has 0 bridgehead atoms. The van der Waals surface area contributed by atoms with E-state index in [1.807, 2.05) is 24.8 Å². The second-order valence-electron chi connectivity index (χ2n) is 4.65. The second kappa shape index (κ2) is 4.97. The maximum Gasteiger partial charge on any atom is 0.114 e. The van der Waals surface area contributed by atoms with Crippen LogP contribution in [0.25, 0.3) is 0 Å². The van der Waals surface area contributed by atoms with E-state index in [-0.39, 0.29) is 5.92 Å². The molecule has 0 amide bonds. The van der Waals surface area contributed by atoms with Gasteiger partial charge in [0, 0.05) is 10.1 Å². The molecule has 1 heterocycles. The van der Waals surface area contributed by atoms with Crippen molar-refractivity contribution in [1.29, 1.82) is 5.26 Å². The maximum atomic E-state index is 9.16. The smallest absolute Gasteiger partial charge is 0.114 e. The zero-order valence-electron chi connectivity index (χ0n) is 9.77. The lowest BCUT2D eigenvalue weighted by Crippen LogP contribution is -2.24. The number of nitrogens with zero attached hydrogens (tertiary/aromatic N) is 1. The van der Waals surface area contributed by atoms with E-state index >= 15 is 0 Å². The Kier molecular flexibility index (Phi) is 3.60. The van der Waals surface area contributed by atoms with Crippen LogP contribution in [-0.4, -0.2) is 5.25 Å². The lowest BCUT2D eigenvalue weighted by Gasteiger charge is -2.30. The molecule has 1 aliphatic rings. The summed E-state index contributed by atoms with van der Waals surface area (Å²) in [7, 11) is 0. The van der Waals surface area contributed by atoms with E-state index in [9.17, 15) is 0 Å². The van der Waals surface area contributed by atoms with Gasteiger partial charge < -0.3 is 4.42 Å². The first-order chi connectivity index (χ1) is 7.70. The number of thioether (sulfide) groups is 1. The highest BCUT2D eigenvalue weighted by Crippen LogP contribution is 2.40. The standard InChI is InChI=1S/C13H17NOS/c1-9-3-4-11(8-14)13(7-9)16-12-5-6-15-10(12)2/h5-6,9,11,13H,3-4,7H2,1-2H3. The van der Waals surface area contributed by atoms with Crippen LogP contribution in [0, 0.1) is 30.1 Å². The molecule has 3 atom stereocenters. The first-order valence-electron chi connectivity index (χ1n) is 5.81. The third kappa shape index (κ3) is 2.44. The van der Waals surface area contributed by atoms with Gasteiger partial charge in [-0.15, -0.1) is 11.8 Å². The molecule has 1 aromatic rings. The largest absolute Gasteiger partial charge is 0.468 e. The summed E-state index contributed by atoms with van der Waals surface area (Å²) in [4.78, 5) is 1.19. The highest BCUT2D eigenvalue weighted by Gasteiger charge is 2.29. The SMILES string of the molecule is Cc1occc1SC1CC(C)CCC1C#N. The van der Waals surface area contributed by atoms with Crippen molar-refractivity contribution in [2.75, 3.05) is 0 Å². The van der Waals surface area contributed by atoms with Crippen LogP contribution in [0.3, 0.4) is 0 Å². The average molecular weight is 235 g/mol. The van der Waals surface area contributed by atoms with E-state index in [0.717, 1.165) is 24.5 Å². The van der Waals surface area contributed by atoms with Gasteiger partial charge in [0.2, 0.25) is 0 Å². The van der Waals surface area contributed by atoms with Crippen molar-refractivity contribution in [2.45, 2.75) is 43.3 Å². The first-order valence-corrected chi connectivity index (χ1v) is 6.69. The number of hydrogen-bond donors (Lipinski definition) is 0. The molecule has 3 unspecified atom stereocenters. The van der Waals surface area contributed by atoms with Gasteiger partial charge in [0.15, 0.2) is 0 Å². The average Bonchev–Trinajstić information content (AvgIpc) is 2.65. The molecule has 1 aromatic heterocycles. The van der Waals surface area contributed by atoms with Crippen molar-refractivity contribution in [1.82, 2.24) is 0 Å². The summed E-state index contributed by atoms with van der Waals surface area (Å²) < 4.78 is 5.30.